The van der Waals surface area contributed by atoms with Crippen molar-refractivity contribution in [2.45, 2.75) is 52.1 Å². The van der Waals surface area contributed by atoms with E-state index in [2.05, 4.69) is 19.9 Å². The minimum absolute atomic E-state index is 0.626. The molecule has 1 aromatic heterocycles. The number of aliphatic hydroxyl groups is 1. The maximum Gasteiger partial charge on any atom is 0.121 e. The zero-order chi connectivity index (χ0) is 14.8. The number of aliphatic hydroxyl groups excluding tert-OH is 1. The van der Waals surface area contributed by atoms with E-state index in [1.807, 2.05) is 24.3 Å². The van der Waals surface area contributed by atoms with E-state index in [-0.39, 0.29) is 0 Å². The zero-order valence-corrected chi connectivity index (χ0v) is 12.9. The van der Waals surface area contributed by atoms with Crippen LogP contribution in [-0.4, -0.2) is 10.1 Å². The quantitative estimate of drug-likeness (QED) is 0.842. The number of pyridine rings is 1. The van der Waals surface area contributed by atoms with Crippen LogP contribution in [0.3, 0.4) is 0 Å². The van der Waals surface area contributed by atoms with Crippen molar-refractivity contribution in [3.63, 3.8) is 0 Å². The monoisotopic (exact) mass is 281 g/mol. The van der Waals surface area contributed by atoms with Crippen molar-refractivity contribution in [1.82, 2.24) is 4.98 Å². The summed E-state index contributed by atoms with van der Waals surface area (Å²) in [7, 11) is 0. The fourth-order valence-corrected chi connectivity index (χ4v) is 3.12. The van der Waals surface area contributed by atoms with Gasteiger partial charge in [-0.2, -0.15) is 0 Å². The first-order valence-electron chi connectivity index (χ1n) is 7.89. The maximum atomic E-state index is 10.7. The summed E-state index contributed by atoms with van der Waals surface area (Å²) < 4.78 is 0. The lowest BCUT2D eigenvalue weighted by Gasteiger charge is -2.17. The van der Waals surface area contributed by atoms with E-state index in [9.17, 15) is 5.11 Å². The van der Waals surface area contributed by atoms with Crippen LogP contribution in [0.25, 0.3) is 0 Å². The molecule has 1 aliphatic carbocycles. The SMILES string of the molecule is Cc1ccc(C(O)c2nc3c(cc2C)CCCCC3)cc1. The molecule has 0 amide bonds. The molecule has 1 aromatic carbocycles. The predicted molar refractivity (Wildman–Crippen MR) is 85.5 cm³/mol. The lowest BCUT2D eigenvalue weighted by atomic mass is 9.98. The van der Waals surface area contributed by atoms with E-state index in [1.165, 1.54) is 36.1 Å². The molecule has 21 heavy (non-hydrogen) atoms. The van der Waals surface area contributed by atoms with Gasteiger partial charge in [0, 0.05) is 5.69 Å². The van der Waals surface area contributed by atoms with Crippen molar-refractivity contribution in [3.05, 3.63) is 64.0 Å². The van der Waals surface area contributed by atoms with E-state index in [4.69, 9.17) is 4.98 Å². The predicted octanol–water partition coefficient (Wildman–Crippen LogP) is 4.05. The van der Waals surface area contributed by atoms with Crippen molar-refractivity contribution < 1.29 is 5.11 Å². The third-order valence-corrected chi connectivity index (χ3v) is 4.43. The number of hydrogen-bond donors (Lipinski definition) is 1. The molecule has 1 aliphatic rings. The number of nitrogens with zero attached hydrogens (tertiary/aromatic N) is 1. The van der Waals surface area contributed by atoms with Gasteiger partial charge in [0.05, 0.1) is 5.69 Å². The smallest absolute Gasteiger partial charge is 0.121 e. The molecule has 0 fully saturated rings. The van der Waals surface area contributed by atoms with Crippen LogP contribution in [0.2, 0.25) is 0 Å². The van der Waals surface area contributed by atoms with Crippen LogP contribution in [0.1, 0.15) is 59.0 Å². The molecule has 1 atom stereocenters. The molecule has 110 valence electrons. The topological polar surface area (TPSA) is 33.1 Å². The summed E-state index contributed by atoms with van der Waals surface area (Å²) in [5, 5.41) is 10.7. The largest absolute Gasteiger partial charge is 0.382 e. The number of rotatable bonds is 2. The van der Waals surface area contributed by atoms with Crippen molar-refractivity contribution >= 4 is 0 Å². The lowest BCUT2D eigenvalue weighted by molar-refractivity contribution is 0.214. The Bertz CT molecular complexity index is 631. The minimum atomic E-state index is -0.626. The molecule has 0 radical (unpaired) electrons. The Morgan fingerprint density at radius 3 is 2.48 bits per heavy atom. The fourth-order valence-electron chi connectivity index (χ4n) is 3.12. The van der Waals surface area contributed by atoms with Crippen LogP contribution in [-0.2, 0) is 12.8 Å². The molecule has 0 spiro atoms. The number of fused-ring (bicyclic) bond motifs is 1. The van der Waals surface area contributed by atoms with Crippen LogP contribution in [0.4, 0.5) is 0 Å². The Morgan fingerprint density at radius 1 is 1.00 bits per heavy atom. The Balaban J connectivity index is 1.97. The number of benzene rings is 1. The first kappa shape index (κ1) is 14.3. The summed E-state index contributed by atoms with van der Waals surface area (Å²) in [4.78, 5) is 4.82. The molecule has 3 rings (SSSR count). The molecule has 2 nitrogen and oxygen atoms in total. The first-order chi connectivity index (χ1) is 10.1. The molecular weight excluding hydrogens is 258 g/mol. The summed E-state index contributed by atoms with van der Waals surface area (Å²) in [6.45, 7) is 4.12. The number of hydrogen-bond acceptors (Lipinski definition) is 2. The van der Waals surface area contributed by atoms with Gasteiger partial charge in [-0.15, -0.1) is 0 Å². The first-order valence-corrected chi connectivity index (χ1v) is 7.89. The molecular formula is C19H23NO. The zero-order valence-electron chi connectivity index (χ0n) is 12.9. The van der Waals surface area contributed by atoms with Gasteiger partial charge in [0.25, 0.3) is 0 Å². The van der Waals surface area contributed by atoms with Gasteiger partial charge in [0.1, 0.15) is 6.10 Å². The van der Waals surface area contributed by atoms with E-state index in [1.54, 1.807) is 0 Å². The second-order valence-corrected chi connectivity index (χ2v) is 6.17. The van der Waals surface area contributed by atoms with Crippen LogP contribution < -0.4 is 0 Å². The molecule has 1 N–H and O–H groups in total. The van der Waals surface area contributed by atoms with Crippen molar-refractivity contribution in [1.29, 1.82) is 0 Å². The number of aryl methyl sites for hydroxylation is 4. The lowest BCUT2D eigenvalue weighted by Crippen LogP contribution is -2.09. The molecule has 0 bridgehead atoms. The van der Waals surface area contributed by atoms with Gasteiger partial charge in [0.15, 0.2) is 0 Å². The maximum absolute atomic E-state index is 10.7. The van der Waals surface area contributed by atoms with Crippen LogP contribution in [0.15, 0.2) is 30.3 Å². The second kappa shape index (κ2) is 5.98. The van der Waals surface area contributed by atoms with Crippen LogP contribution in [0, 0.1) is 13.8 Å². The van der Waals surface area contributed by atoms with Crippen molar-refractivity contribution in [2.24, 2.45) is 0 Å². The highest BCUT2D eigenvalue weighted by atomic mass is 16.3. The average molecular weight is 281 g/mol. The van der Waals surface area contributed by atoms with Gasteiger partial charge in [-0.05, 0) is 56.2 Å². The van der Waals surface area contributed by atoms with E-state index < -0.39 is 6.10 Å². The molecule has 2 heteroatoms. The van der Waals surface area contributed by atoms with Gasteiger partial charge in [-0.25, -0.2) is 0 Å². The summed E-state index contributed by atoms with van der Waals surface area (Å²) in [5.41, 5.74) is 6.62. The highest BCUT2D eigenvalue weighted by Crippen LogP contribution is 2.27. The molecule has 1 heterocycles. The minimum Gasteiger partial charge on any atom is -0.382 e. The second-order valence-electron chi connectivity index (χ2n) is 6.17. The van der Waals surface area contributed by atoms with E-state index >= 15 is 0 Å². The van der Waals surface area contributed by atoms with Gasteiger partial charge in [0.2, 0.25) is 0 Å². The Morgan fingerprint density at radius 2 is 1.71 bits per heavy atom. The third kappa shape index (κ3) is 3.01. The van der Waals surface area contributed by atoms with Gasteiger partial charge >= 0.3 is 0 Å². The summed E-state index contributed by atoms with van der Waals surface area (Å²) in [6.07, 6.45) is 5.30. The number of aromatic nitrogens is 1. The normalized spacial score (nSPS) is 16.1. The fraction of sp³-hybridized carbons (Fsp3) is 0.421. The highest BCUT2D eigenvalue weighted by Gasteiger charge is 2.18. The summed E-state index contributed by atoms with van der Waals surface area (Å²) in [5.74, 6) is 0. The van der Waals surface area contributed by atoms with Crippen molar-refractivity contribution in [2.75, 3.05) is 0 Å². The summed E-state index contributed by atoms with van der Waals surface area (Å²) >= 11 is 0. The van der Waals surface area contributed by atoms with Gasteiger partial charge < -0.3 is 5.11 Å². The average Bonchev–Trinajstić information content (AvgIpc) is 2.71. The Labute approximate surface area is 126 Å². The molecule has 0 aliphatic heterocycles. The summed E-state index contributed by atoms with van der Waals surface area (Å²) in [6, 6.07) is 10.3. The van der Waals surface area contributed by atoms with Gasteiger partial charge in [-0.3, -0.25) is 4.98 Å². The molecule has 0 saturated carbocycles. The van der Waals surface area contributed by atoms with Crippen LogP contribution >= 0.6 is 0 Å². The van der Waals surface area contributed by atoms with Gasteiger partial charge in [-0.1, -0.05) is 42.3 Å². The molecule has 1 unspecified atom stereocenters. The Kier molecular flexibility index (Phi) is 4.07. The van der Waals surface area contributed by atoms with E-state index in [0.29, 0.717) is 0 Å². The molecule has 2 aromatic rings. The van der Waals surface area contributed by atoms with Crippen molar-refractivity contribution in [3.8, 4) is 0 Å². The molecule has 0 saturated heterocycles. The van der Waals surface area contributed by atoms with Crippen LogP contribution in [0.5, 0.6) is 0 Å². The standard InChI is InChI=1S/C19H23NO/c1-13-8-10-15(11-9-13)19(21)18-14(2)12-16-6-4-3-5-7-17(16)20-18/h8-12,19,21H,3-7H2,1-2H3. The Hall–Kier alpha value is -1.67. The highest BCUT2D eigenvalue weighted by molar-refractivity contribution is 5.36. The third-order valence-electron chi connectivity index (χ3n) is 4.43. The van der Waals surface area contributed by atoms with E-state index in [0.717, 1.165) is 29.7 Å².